The molecule has 1 saturated heterocycles. The van der Waals surface area contributed by atoms with Crippen LogP contribution in [0.4, 0.5) is 5.69 Å². The highest BCUT2D eigenvalue weighted by molar-refractivity contribution is 6.25. The third-order valence-corrected chi connectivity index (χ3v) is 6.13. The van der Waals surface area contributed by atoms with Gasteiger partial charge in [0.25, 0.3) is 11.8 Å². The first-order valence-corrected chi connectivity index (χ1v) is 13.1. The minimum Gasteiger partial charge on any atom is -0.481 e. The van der Waals surface area contributed by atoms with Crippen molar-refractivity contribution in [2.24, 2.45) is 0 Å². The van der Waals surface area contributed by atoms with Crippen molar-refractivity contribution >= 4 is 41.2 Å². The van der Waals surface area contributed by atoms with Crippen LogP contribution in [0.25, 0.3) is 0 Å². The minimum atomic E-state index is -1.02. The average Bonchev–Trinajstić information content (AvgIpc) is 3.17. The summed E-state index contributed by atoms with van der Waals surface area (Å²) in [6.07, 6.45) is 0.530. The van der Waals surface area contributed by atoms with E-state index >= 15 is 0 Å². The largest absolute Gasteiger partial charge is 0.481 e. The lowest BCUT2D eigenvalue weighted by atomic mass is 10.0. The lowest BCUT2D eigenvalue weighted by molar-refractivity contribution is -0.139. The van der Waals surface area contributed by atoms with E-state index in [2.05, 4.69) is 16.0 Å². The van der Waals surface area contributed by atoms with Gasteiger partial charge in [-0.25, -0.2) is 0 Å². The molecule has 40 heavy (non-hydrogen) atoms. The van der Waals surface area contributed by atoms with E-state index in [0.717, 1.165) is 4.90 Å². The van der Waals surface area contributed by atoms with Crippen LogP contribution < -0.4 is 16.0 Å². The number of ether oxygens (including phenoxy) is 3. The van der Waals surface area contributed by atoms with Crippen LogP contribution in [0.3, 0.4) is 0 Å². The molecule has 4 N–H and O–H groups in total. The van der Waals surface area contributed by atoms with Crippen molar-refractivity contribution < 1.29 is 48.1 Å². The minimum absolute atomic E-state index is 0.0394. The van der Waals surface area contributed by atoms with Crippen LogP contribution in [0.2, 0.25) is 0 Å². The van der Waals surface area contributed by atoms with Crippen molar-refractivity contribution in [3.8, 4) is 0 Å². The summed E-state index contributed by atoms with van der Waals surface area (Å²) in [5.41, 5.74) is 0.861. The van der Waals surface area contributed by atoms with Gasteiger partial charge < -0.3 is 30.0 Å². The molecule has 0 saturated carbocycles. The molecule has 1 atom stereocenters. The van der Waals surface area contributed by atoms with Crippen molar-refractivity contribution in [1.82, 2.24) is 15.5 Å². The fourth-order valence-corrected chi connectivity index (χ4v) is 4.17. The van der Waals surface area contributed by atoms with Gasteiger partial charge in [0.1, 0.15) is 6.04 Å². The van der Waals surface area contributed by atoms with Gasteiger partial charge in [-0.1, -0.05) is 6.07 Å². The zero-order valence-corrected chi connectivity index (χ0v) is 22.1. The Morgan fingerprint density at radius 1 is 0.925 bits per heavy atom. The third kappa shape index (κ3) is 8.83. The SMILES string of the molecule is O=C(O)CCC(=O)NCCCOCCOCCOCCNc1cccc2c1C(=O)N(C1CCC(=O)NC1=O)C2=O. The molecule has 0 bridgehead atoms. The fraction of sp³-hybridized carbons (Fsp3) is 0.538. The molecular weight excluding hydrogens is 528 g/mol. The van der Waals surface area contributed by atoms with E-state index in [1.807, 2.05) is 0 Å². The number of carbonyl (C=O) groups is 6. The first-order valence-electron chi connectivity index (χ1n) is 13.1. The molecular formula is C26H34N4O10. The highest BCUT2D eigenvalue weighted by Gasteiger charge is 2.45. The standard InChI is InChI=1S/C26H34N4O10/c31-20(7-8-22(33)34)28-9-2-11-38-13-15-40-16-14-39-12-10-27-18-4-1-3-17-23(18)26(37)30(25(17)36)19-5-6-21(32)29-24(19)35/h1,3-4,19,27H,2,5-16H2,(H,28,31)(H,33,34)(H,29,32,35). The zero-order valence-electron chi connectivity index (χ0n) is 22.1. The number of carboxylic acids is 1. The van der Waals surface area contributed by atoms with Crippen LogP contribution in [-0.2, 0) is 33.4 Å². The van der Waals surface area contributed by atoms with Gasteiger partial charge in [-0.05, 0) is 25.0 Å². The number of nitrogens with one attached hydrogen (secondary N) is 3. The Balaban J connectivity index is 1.25. The normalized spacial score (nSPS) is 16.6. The number of piperidine rings is 1. The van der Waals surface area contributed by atoms with Crippen LogP contribution in [-0.4, -0.2) is 104 Å². The van der Waals surface area contributed by atoms with E-state index in [4.69, 9.17) is 19.3 Å². The molecule has 14 nitrogen and oxygen atoms in total. The topological polar surface area (TPSA) is 190 Å². The smallest absolute Gasteiger partial charge is 0.303 e. The monoisotopic (exact) mass is 562 g/mol. The van der Waals surface area contributed by atoms with E-state index in [0.29, 0.717) is 64.8 Å². The summed E-state index contributed by atoms with van der Waals surface area (Å²) in [6.45, 7) is 3.00. The number of hydrogen-bond acceptors (Lipinski definition) is 10. The predicted octanol–water partition coefficient (Wildman–Crippen LogP) is -0.0794. The van der Waals surface area contributed by atoms with Crippen LogP contribution in [0, 0.1) is 0 Å². The highest BCUT2D eigenvalue weighted by Crippen LogP contribution is 2.32. The number of carboxylic acid groups (broad SMARTS) is 1. The first kappa shape index (κ1) is 30.7. The maximum Gasteiger partial charge on any atom is 0.303 e. The van der Waals surface area contributed by atoms with Crippen LogP contribution in [0.5, 0.6) is 0 Å². The number of anilines is 1. The average molecular weight is 563 g/mol. The zero-order chi connectivity index (χ0) is 28.9. The van der Waals surface area contributed by atoms with Crippen molar-refractivity contribution in [2.75, 3.05) is 58.0 Å². The van der Waals surface area contributed by atoms with Gasteiger partial charge in [-0.15, -0.1) is 0 Å². The van der Waals surface area contributed by atoms with E-state index < -0.39 is 35.6 Å². The second-order valence-electron chi connectivity index (χ2n) is 9.04. The van der Waals surface area contributed by atoms with Crippen LogP contribution in [0.15, 0.2) is 18.2 Å². The van der Waals surface area contributed by atoms with Crippen LogP contribution in [0.1, 0.15) is 52.8 Å². The van der Waals surface area contributed by atoms with Gasteiger partial charge in [-0.3, -0.25) is 39.0 Å². The third-order valence-electron chi connectivity index (χ3n) is 6.13. The number of amides is 5. The maximum atomic E-state index is 13.1. The predicted molar refractivity (Wildman–Crippen MR) is 139 cm³/mol. The molecule has 2 heterocycles. The molecule has 1 fully saturated rings. The maximum absolute atomic E-state index is 13.1. The van der Waals surface area contributed by atoms with Crippen molar-refractivity contribution in [2.45, 2.75) is 38.1 Å². The molecule has 5 amide bonds. The number of hydrogen-bond donors (Lipinski definition) is 4. The molecule has 1 aromatic rings. The Hall–Kier alpha value is -3.88. The van der Waals surface area contributed by atoms with E-state index in [1.165, 1.54) is 6.07 Å². The first-order chi connectivity index (χ1) is 19.3. The molecule has 0 spiro atoms. The molecule has 2 aliphatic heterocycles. The van der Waals surface area contributed by atoms with Gasteiger partial charge in [0.2, 0.25) is 17.7 Å². The van der Waals surface area contributed by atoms with Gasteiger partial charge in [-0.2, -0.15) is 0 Å². The number of fused-ring (bicyclic) bond motifs is 1. The van der Waals surface area contributed by atoms with Gasteiger partial charge >= 0.3 is 5.97 Å². The lowest BCUT2D eigenvalue weighted by Gasteiger charge is -2.27. The van der Waals surface area contributed by atoms with Gasteiger partial charge in [0.05, 0.1) is 50.6 Å². The summed E-state index contributed by atoms with van der Waals surface area (Å²) in [7, 11) is 0. The van der Waals surface area contributed by atoms with Crippen molar-refractivity contribution in [3.63, 3.8) is 0 Å². The summed E-state index contributed by atoms with van der Waals surface area (Å²) in [5.74, 6) is -3.52. The summed E-state index contributed by atoms with van der Waals surface area (Å²) < 4.78 is 16.4. The Kier molecular flexibility index (Phi) is 12.0. The van der Waals surface area contributed by atoms with Gasteiger partial charge in [0.15, 0.2) is 0 Å². The molecule has 0 aromatic heterocycles. The fourth-order valence-electron chi connectivity index (χ4n) is 4.17. The highest BCUT2D eigenvalue weighted by atomic mass is 16.5. The van der Waals surface area contributed by atoms with E-state index in [-0.39, 0.29) is 42.7 Å². The molecule has 1 aromatic carbocycles. The molecule has 1 unspecified atom stereocenters. The lowest BCUT2D eigenvalue weighted by Crippen LogP contribution is -2.54. The molecule has 0 radical (unpaired) electrons. The number of rotatable bonds is 18. The second kappa shape index (κ2) is 15.6. The molecule has 218 valence electrons. The molecule has 0 aliphatic carbocycles. The Labute approximate surface area is 230 Å². The summed E-state index contributed by atoms with van der Waals surface area (Å²) >= 11 is 0. The van der Waals surface area contributed by atoms with E-state index in [1.54, 1.807) is 12.1 Å². The Bertz CT molecular complexity index is 1110. The Morgan fingerprint density at radius 2 is 1.62 bits per heavy atom. The second-order valence-corrected chi connectivity index (χ2v) is 9.04. The molecule has 14 heteroatoms. The van der Waals surface area contributed by atoms with E-state index in [9.17, 15) is 28.8 Å². The quantitative estimate of drug-likeness (QED) is 0.138. The van der Waals surface area contributed by atoms with Crippen molar-refractivity contribution in [3.05, 3.63) is 29.3 Å². The van der Waals surface area contributed by atoms with Crippen LogP contribution >= 0.6 is 0 Å². The summed E-state index contributed by atoms with van der Waals surface area (Å²) in [6, 6.07) is 3.84. The number of imide groups is 2. The number of carbonyl (C=O) groups excluding carboxylic acids is 5. The molecule has 3 rings (SSSR count). The van der Waals surface area contributed by atoms with Gasteiger partial charge in [0, 0.05) is 38.2 Å². The van der Waals surface area contributed by atoms with Crippen molar-refractivity contribution in [1.29, 1.82) is 0 Å². The number of aliphatic carboxylic acids is 1. The summed E-state index contributed by atoms with van der Waals surface area (Å²) in [5, 5.41) is 16.4. The number of benzene rings is 1. The summed E-state index contributed by atoms with van der Waals surface area (Å²) in [4.78, 5) is 72.3. The molecule has 2 aliphatic rings. The number of nitrogens with zero attached hydrogens (tertiary/aromatic N) is 1. The Morgan fingerprint density at radius 3 is 2.33 bits per heavy atom.